The first-order valence-electron chi connectivity index (χ1n) is 19.2. The Hall–Kier alpha value is -7.42. The fourth-order valence-electron chi connectivity index (χ4n) is 8.10. The van der Waals surface area contributed by atoms with Crippen LogP contribution in [0.25, 0.3) is 72.0 Å². The third kappa shape index (κ3) is 6.14. The van der Waals surface area contributed by atoms with E-state index in [1.165, 1.54) is 33.0 Å². The Balaban J connectivity index is 1.31. The molecule has 2 nitrogen and oxygen atoms in total. The molecule has 10 rings (SSSR count). The number of para-hydroxylation sites is 2. The minimum atomic E-state index is 1.07. The number of anilines is 3. The molecule has 264 valence electrons. The molecule has 1 aromatic heterocycles. The molecule has 0 saturated heterocycles. The molecule has 0 atom stereocenters. The Kier molecular flexibility index (Phi) is 8.55. The minimum absolute atomic E-state index is 1.07. The lowest BCUT2D eigenvalue weighted by Gasteiger charge is -2.30. The van der Waals surface area contributed by atoms with Crippen molar-refractivity contribution >= 4 is 38.9 Å². The van der Waals surface area contributed by atoms with E-state index in [0.717, 1.165) is 56.1 Å². The highest BCUT2D eigenvalue weighted by Gasteiger charge is 2.22. The van der Waals surface area contributed by atoms with Crippen molar-refractivity contribution in [1.82, 2.24) is 4.57 Å². The van der Waals surface area contributed by atoms with Gasteiger partial charge in [-0.05, 0) is 93.5 Å². The van der Waals surface area contributed by atoms with Crippen LogP contribution in [0, 0.1) is 0 Å². The number of aromatic nitrogens is 1. The Morgan fingerprint density at radius 1 is 0.286 bits per heavy atom. The second-order valence-electron chi connectivity index (χ2n) is 14.2. The lowest BCUT2D eigenvalue weighted by Crippen LogP contribution is -2.12. The third-order valence-corrected chi connectivity index (χ3v) is 10.8. The molecule has 0 aliphatic heterocycles. The summed E-state index contributed by atoms with van der Waals surface area (Å²) in [6.45, 7) is 0. The maximum Gasteiger partial charge on any atom is 0.0561 e. The summed E-state index contributed by atoms with van der Waals surface area (Å²) in [5.74, 6) is 0. The standard InChI is InChI=1S/C54H38N2/c1-6-18-39(19-7-1)43-30-32-49(42-24-12-4-13-25-42)53(37-43)55(48-35-44(40-20-8-2-9-21-40)34-45(36-48)41-22-10-3-11-23-41)47-31-33-51-50-28-16-17-29-52(50)56(54(51)38-47)46-26-14-5-15-27-46/h1-38H. The molecular weight excluding hydrogens is 677 g/mol. The topological polar surface area (TPSA) is 8.17 Å². The molecule has 0 radical (unpaired) electrons. The summed E-state index contributed by atoms with van der Waals surface area (Å²) in [6, 6.07) is 83.3. The van der Waals surface area contributed by atoms with E-state index < -0.39 is 0 Å². The maximum atomic E-state index is 2.47. The highest BCUT2D eigenvalue weighted by Crippen LogP contribution is 2.46. The van der Waals surface area contributed by atoms with Gasteiger partial charge in [0.1, 0.15) is 0 Å². The third-order valence-electron chi connectivity index (χ3n) is 10.8. The molecule has 2 heteroatoms. The van der Waals surface area contributed by atoms with Crippen LogP contribution in [0.1, 0.15) is 0 Å². The largest absolute Gasteiger partial charge is 0.310 e. The van der Waals surface area contributed by atoms with Crippen molar-refractivity contribution in [1.29, 1.82) is 0 Å². The van der Waals surface area contributed by atoms with E-state index in [2.05, 4.69) is 240 Å². The first-order valence-corrected chi connectivity index (χ1v) is 19.2. The zero-order valence-corrected chi connectivity index (χ0v) is 30.8. The van der Waals surface area contributed by atoms with Crippen LogP contribution in [0.3, 0.4) is 0 Å². The van der Waals surface area contributed by atoms with Crippen LogP contribution in [0.15, 0.2) is 231 Å². The number of rotatable bonds is 8. The Morgan fingerprint density at radius 3 is 1.39 bits per heavy atom. The van der Waals surface area contributed by atoms with Gasteiger partial charge in [-0.15, -0.1) is 0 Å². The van der Waals surface area contributed by atoms with Crippen LogP contribution in [-0.2, 0) is 0 Å². The molecule has 9 aromatic carbocycles. The molecule has 0 bridgehead atoms. The molecule has 1 heterocycles. The van der Waals surface area contributed by atoms with Crippen LogP contribution < -0.4 is 4.90 Å². The van der Waals surface area contributed by atoms with E-state index in [1.807, 2.05) is 0 Å². The molecule has 0 spiro atoms. The second kappa shape index (κ2) is 14.4. The predicted octanol–water partition coefficient (Wildman–Crippen LogP) is 14.9. The quantitative estimate of drug-likeness (QED) is 0.152. The van der Waals surface area contributed by atoms with Crippen LogP contribution in [-0.4, -0.2) is 4.57 Å². The number of hydrogen-bond acceptors (Lipinski definition) is 1. The smallest absolute Gasteiger partial charge is 0.0561 e. The molecule has 0 aliphatic rings. The Morgan fingerprint density at radius 2 is 0.786 bits per heavy atom. The van der Waals surface area contributed by atoms with Gasteiger partial charge in [0.2, 0.25) is 0 Å². The van der Waals surface area contributed by atoms with Gasteiger partial charge >= 0.3 is 0 Å². The van der Waals surface area contributed by atoms with Gasteiger partial charge in [-0.1, -0.05) is 176 Å². The van der Waals surface area contributed by atoms with Crippen LogP contribution in [0.4, 0.5) is 17.1 Å². The summed E-state index contributed by atoms with van der Waals surface area (Å²) in [6.07, 6.45) is 0. The average Bonchev–Trinajstić information content (AvgIpc) is 3.61. The SMILES string of the molecule is c1ccc(-c2cc(-c3ccccc3)cc(N(c3ccc4c5ccccc5n(-c5ccccc5)c4c3)c3cc(-c4ccccc4)ccc3-c3ccccc3)c2)cc1. The summed E-state index contributed by atoms with van der Waals surface area (Å²) >= 11 is 0. The van der Waals surface area contributed by atoms with Gasteiger partial charge in [-0.3, -0.25) is 0 Å². The number of nitrogens with zero attached hydrogens (tertiary/aromatic N) is 2. The molecule has 0 amide bonds. The Bertz CT molecular complexity index is 2880. The molecule has 56 heavy (non-hydrogen) atoms. The molecule has 0 fully saturated rings. The van der Waals surface area contributed by atoms with Crippen molar-refractivity contribution in [3.8, 4) is 50.2 Å². The van der Waals surface area contributed by atoms with Gasteiger partial charge < -0.3 is 9.47 Å². The Labute approximate surface area is 327 Å². The van der Waals surface area contributed by atoms with Crippen LogP contribution in [0.2, 0.25) is 0 Å². The van der Waals surface area contributed by atoms with Crippen LogP contribution in [0.5, 0.6) is 0 Å². The highest BCUT2D eigenvalue weighted by molar-refractivity contribution is 6.10. The molecule has 0 aliphatic carbocycles. The van der Waals surface area contributed by atoms with E-state index in [-0.39, 0.29) is 0 Å². The fourth-order valence-corrected chi connectivity index (χ4v) is 8.10. The van der Waals surface area contributed by atoms with Gasteiger partial charge in [-0.2, -0.15) is 0 Å². The van der Waals surface area contributed by atoms with Crippen molar-refractivity contribution in [3.63, 3.8) is 0 Å². The number of hydrogen-bond donors (Lipinski definition) is 0. The van der Waals surface area contributed by atoms with Gasteiger partial charge in [0, 0.05) is 33.4 Å². The number of fused-ring (bicyclic) bond motifs is 3. The summed E-state index contributed by atoms with van der Waals surface area (Å²) in [5.41, 5.74) is 16.0. The summed E-state index contributed by atoms with van der Waals surface area (Å²) in [7, 11) is 0. The normalized spacial score (nSPS) is 11.2. The summed E-state index contributed by atoms with van der Waals surface area (Å²) < 4.78 is 2.40. The molecule has 0 N–H and O–H groups in total. The van der Waals surface area contributed by atoms with Gasteiger partial charge in [0.25, 0.3) is 0 Å². The molecule has 10 aromatic rings. The monoisotopic (exact) mass is 714 g/mol. The van der Waals surface area contributed by atoms with Crippen molar-refractivity contribution in [2.45, 2.75) is 0 Å². The lowest BCUT2D eigenvalue weighted by molar-refractivity contribution is 1.18. The van der Waals surface area contributed by atoms with Gasteiger partial charge in [0.05, 0.1) is 16.7 Å². The molecular formula is C54H38N2. The van der Waals surface area contributed by atoms with Gasteiger partial charge in [-0.25, -0.2) is 0 Å². The van der Waals surface area contributed by atoms with Crippen molar-refractivity contribution in [2.24, 2.45) is 0 Å². The molecule has 0 unspecified atom stereocenters. The molecule has 0 saturated carbocycles. The van der Waals surface area contributed by atoms with Crippen molar-refractivity contribution in [3.05, 3.63) is 231 Å². The summed E-state index contributed by atoms with van der Waals surface area (Å²) in [4.78, 5) is 2.47. The minimum Gasteiger partial charge on any atom is -0.310 e. The van der Waals surface area contributed by atoms with E-state index in [4.69, 9.17) is 0 Å². The number of benzene rings is 9. The van der Waals surface area contributed by atoms with E-state index in [1.54, 1.807) is 0 Å². The van der Waals surface area contributed by atoms with Crippen molar-refractivity contribution in [2.75, 3.05) is 4.90 Å². The van der Waals surface area contributed by atoms with Crippen molar-refractivity contribution < 1.29 is 0 Å². The summed E-state index contributed by atoms with van der Waals surface area (Å²) in [5, 5.41) is 2.45. The van der Waals surface area contributed by atoms with E-state index in [9.17, 15) is 0 Å². The lowest BCUT2D eigenvalue weighted by atomic mass is 9.95. The highest BCUT2D eigenvalue weighted by atomic mass is 15.1. The predicted molar refractivity (Wildman–Crippen MR) is 237 cm³/mol. The van der Waals surface area contributed by atoms with Crippen LogP contribution >= 0.6 is 0 Å². The zero-order chi connectivity index (χ0) is 37.3. The van der Waals surface area contributed by atoms with E-state index in [0.29, 0.717) is 0 Å². The van der Waals surface area contributed by atoms with E-state index >= 15 is 0 Å². The fraction of sp³-hybridized carbons (Fsp3) is 0. The second-order valence-corrected chi connectivity index (χ2v) is 14.2. The zero-order valence-electron chi connectivity index (χ0n) is 30.8. The van der Waals surface area contributed by atoms with Gasteiger partial charge in [0.15, 0.2) is 0 Å². The first-order chi connectivity index (χ1) is 27.8. The first kappa shape index (κ1) is 33.2. The average molecular weight is 715 g/mol. The maximum absolute atomic E-state index is 2.47.